The first kappa shape index (κ1) is 19.2. The molecule has 3 N–H and O–H groups in total. The number of nitrogen functional groups attached to an aromatic ring is 1. The second-order valence-corrected chi connectivity index (χ2v) is 8.76. The van der Waals surface area contributed by atoms with E-state index in [4.69, 9.17) is 17.3 Å². The third-order valence-corrected chi connectivity index (χ3v) is 6.42. The highest BCUT2D eigenvalue weighted by atomic mass is 35.5. The Balaban J connectivity index is 1.66. The van der Waals surface area contributed by atoms with Crippen LogP contribution in [0.1, 0.15) is 24.8 Å². The molecule has 0 bridgehead atoms. The van der Waals surface area contributed by atoms with Gasteiger partial charge in [-0.15, -0.1) is 0 Å². The van der Waals surface area contributed by atoms with Gasteiger partial charge in [0.05, 0.1) is 11.1 Å². The third kappa shape index (κ3) is 4.98. The van der Waals surface area contributed by atoms with Crippen LogP contribution in [-0.4, -0.2) is 32.6 Å². The van der Waals surface area contributed by atoms with Gasteiger partial charge in [-0.3, -0.25) is 4.90 Å². The van der Waals surface area contributed by atoms with E-state index < -0.39 is 10.0 Å². The molecular formula is C19H24ClN3O2S. The summed E-state index contributed by atoms with van der Waals surface area (Å²) in [6, 6.07) is 14.1. The largest absolute Gasteiger partial charge is 0.399 e. The molecule has 2 aromatic rings. The molecule has 1 fully saturated rings. The minimum absolute atomic E-state index is 0.182. The molecule has 0 spiro atoms. The summed E-state index contributed by atoms with van der Waals surface area (Å²) in [5.74, 6) is 0. The topological polar surface area (TPSA) is 75.4 Å². The smallest absolute Gasteiger partial charge is 0.241 e. The predicted octanol–water partition coefficient (Wildman–Crippen LogP) is 3.26. The number of hydrogen-bond donors (Lipinski definition) is 2. The average molecular weight is 394 g/mol. The van der Waals surface area contributed by atoms with Gasteiger partial charge >= 0.3 is 0 Å². The predicted molar refractivity (Wildman–Crippen MR) is 106 cm³/mol. The first-order chi connectivity index (χ1) is 12.4. The zero-order valence-corrected chi connectivity index (χ0v) is 16.1. The van der Waals surface area contributed by atoms with Crippen LogP contribution in [0.3, 0.4) is 0 Å². The van der Waals surface area contributed by atoms with Gasteiger partial charge in [-0.05, 0) is 74.2 Å². The van der Waals surface area contributed by atoms with E-state index in [1.807, 2.05) is 24.3 Å². The first-order valence-electron chi connectivity index (χ1n) is 8.80. The number of halogens is 1. The molecule has 1 saturated heterocycles. The monoisotopic (exact) mass is 393 g/mol. The zero-order valence-electron chi connectivity index (χ0n) is 14.6. The Morgan fingerprint density at radius 2 is 1.77 bits per heavy atom. The molecule has 0 aliphatic carbocycles. The Morgan fingerprint density at radius 1 is 1.08 bits per heavy atom. The summed E-state index contributed by atoms with van der Waals surface area (Å²) in [5, 5.41) is 0.520. The van der Waals surface area contributed by atoms with Gasteiger partial charge in [0, 0.05) is 17.3 Å². The lowest BCUT2D eigenvalue weighted by molar-refractivity contribution is 0.141. The van der Waals surface area contributed by atoms with Crippen molar-refractivity contribution < 1.29 is 8.42 Å². The van der Waals surface area contributed by atoms with Crippen LogP contribution < -0.4 is 10.5 Å². The van der Waals surface area contributed by atoms with E-state index in [0.717, 1.165) is 44.5 Å². The molecule has 5 nitrogen and oxygen atoms in total. The summed E-state index contributed by atoms with van der Waals surface area (Å²) < 4.78 is 28.2. The van der Waals surface area contributed by atoms with E-state index in [-0.39, 0.29) is 11.1 Å². The first-order valence-corrected chi connectivity index (χ1v) is 10.7. The lowest BCUT2D eigenvalue weighted by atomic mass is 10.1. The maximum atomic E-state index is 12.7. The molecule has 2 aromatic carbocycles. The van der Waals surface area contributed by atoms with E-state index in [1.54, 1.807) is 12.1 Å². The number of nitrogens with one attached hydrogen (secondary N) is 1. The zero-order chi connectivity index (χ0) is 18.6. The Bertz CT molecular complexity index is 823. The van der Waals surface area contributed by atoms with Crippen LogP contribution in [0, 0.1) is 0 Å². The normalized spacial score (nSPS) is 18.7. The Hall–Kier alpha value is -1.60. The fourth-order valence-corrected chi connectivity index (χ4v) is 4.59. The molecule has 0 amide bonds. The summed E-state index contributed by atoms with van der Waals surface area (Å²) in [6.07, 6.45) is 3.60. The number of likely N-dealkylation sites (tertiary alicyclic amines) is 1. The number of rotatable bonds is 6. The van der Waals surface area contributed by atoms with E-state index in [1.165, 1.54) is 17.7 Å². The fourth-order valence-electron chi connectivity index (χ4n) is 3.21. The van der Waals surface area contributed by atoms with Crippen molar-refractivity contribution in [2.45, 2.75) is 36.7 Å². The lowest BCUT2D eigenvalue weighted by Gasteiger charge is -2.36. The number of nitrogens with two attached hydrogens (primary N) is 1. The summed E-state index contributed by atoms with van der Waals surface area (Å²) in [7, 11) is -3.56. The second-order valence-electron chi connectivity index (χ2n) is 6.61. The molecule has 1 unspecified atom stereocenters. The summed E-state index contributed by atoms with van der Waals surface area (Å²) in [4.78, 5) is 2.46. The highest BCUT2D eigenvalue weighted by molar-refractivity contribution is 7.89. The van der Waals surface area contributed by atoms with Gasteiger partial charge in [0.1, 0.15) is 0 Å². The maximum Gasteiger partial charge on any atom is 0.241 e. The molecular weight excluding hydrogens is 370 g/mol. The van der Waals surface area contributed by atoms with Gasteiger partial charge in [-0.2, -0.15) is 4.72 Å². The van der Waals surface area contributed by atoms with E-state index in [9.17, 15) is 8.42 Å². The molecule has 0 saturated carbocycles. The number of sulfonamides is 1. The highest BCUT2D eigenvalue weighted by Gasteiger charge is 2.27. The Labute approximate surface area is 160 Å². The summed E-state index contributed by atoms with van der Waals surface area (Å²) >= 11 is 5.85. The molecule has 0 aromatic heterocycles. The van der Waals surface area contributed by atoms with E-state index >= 15 is 0 Å². The fraction of sp³-hybridized carbons (Fsp3) is 0.368. The van der Waals surface area contributed by atoms with Gasteiger partial charge in [0.2, 0.25) is 10.0 Å². The number of hydrogen-bond acceptors (Lipinski definition) is 4. The molecule has 3 rings (SSSR count). The van der Waals surface area contributed by atoms with Gasteiger partial charge in [-0.1, -0.05) is 23.7 Å². The van der Waals surface area contributed by atoms with Crippen LogP contribution in [0.2, 0.25) is 5.02 Å². The third-order valence-electron chi connectivity index (χ3n) is 4.70. The van der Waals surface area contributed by atoms with Gasteiger partial charge in [0.15, 0.2) is 0 Å². The molecule has 1 aliphatic rings. The van der Waals surface area contributed by atoms with Crippen molar-refractivity contribution >= 4 is 27.3 Å². The Kier molecular flexibility index (Phi) is 6.19. The minimum Gasteiger partial charge on any atom is -0.399 e. The van der Waals surface area contributed by atoms with Crippen molar-refractivity contribution in [3.8, 4) is 0 Å². The van der Waals surface area contributed by atoms with Crippen molar-refractivity contribution in [2.75, 3.05) is 18.8 Å². The van der Waals surface area contributed by atoms with E-state index in [2.05, 4.69) is 9.62 Å². The van der Waals surface area contributed by atoms with Crippen LogP contribution in [0.25, 0.3) is 0 Å². The second kappa shape index (κ2) is 8.39. The summed E-state index contributed by atoms with van der Waals surface area (Å²) in [5.41, 5.74) is 7.67. The molecule has 26 heavy (non-hydrogen) atoms. The van der Waals surface area contributed by atoms with Gasteiger partial charge in [-0.25, -0.2) is 8.42 Å². The van der Waals surface area contributed by atoms with Gasteiger partial charge < -0.3 is 5.73 Å². The van der Waals surface area contributed by atoms with Crippen LogP contribution in [0.15, 0.2) is 53.4 Å². The maximum absolute atomic E-state index is 12.7. The van der Waals surface area contributed by atoms with E-state index in [0.29, 0.717) is 5.02 Å². The van der Waals surface area contributed by atoms with Crippen molar-refractivity contribution in [3.05, 3.63) is 59.1 Å². The lowest BCUT2D eigenvalue weighted by Crippen LogP contribution is -2.51. The molecule has 1 aliphatic heterocycles. The van der Waals surface area contributed by atoms with Crippen LogP contribution >= 0.6 is 11.6 Å². The summed E-state index contributed by atoms with van der Waals surface area (Å²) in [6.45, 7) is 1.69. The average Bonchev–Trinajstić information content (AvgIpc) is 2.62. The molecule has 1 heterocycles. The molecule has 7 heteroatoms. The standard InChI is InChI=1S/C19H24ClN3O2S/c20-16-6-10-18(11-7-16)26(24,25)22-19-3-1-2-13-23(19)14-12-15-4-8-17(21)9-5-15/h4-11,19,22H,1-3,12-14,21H2. The number of nitrogens with zero attached hydrogens (tertiary/aromatic N) is 1. The number of benzene rings is 2. The molecule has 140 valence electrons. The van der Waals surface area contributed by atoms with Crippen molar-refractivity contribution in [2.24, 2.45) is 0 Å². The Morgan fingerprint density at radius 3 is 2.46 bits per heavy atom. The molecule has 1 atom stereocenters. The van der Waals surface area contributed by atoms with Crippen LogP contribution in [0.4, 0.5) is 5.69 Å². The highest BCUT2D eigenvalue weighted by Crippen LogP contribution is 2.20. The van der Waals surface area contributed by atoms with Crippen LogP contribution in [-0.2, 0) is 16.4 Å². The van der Waals surface area contributed by atoms with Crippen molar-refractivity contribution in [1.29, 1.82) is 0 Å². The van der Waals surface area contributed by atoms with Crippen molar-refractivity contribution in [3.63, 3.8) is 0 Å². The number of piperidine rings is 1. The molecule has 0 radical (unpaired) electrons. The number of anilines is 1. The van der Waals surface area contributed by atoms with Gasteiger partial charge in [0.25, 0.3) is 0 Å². The van der Waals surface area contributed by atoms with Crippen molar-refractivity contribution in [1.82, 2.24) is 9.62 Å². The van der Waals surface area contributed by atoms with Crippen LogP contribution in [0.5, 0.6) is 0 Å². The minimum atomic E-state index is -3.56. The quantitative estimate of drug-likeness (QED) is 0.738. The SMILES string of the molecule is Nc1ccc(CCN2CCCCC2NS(=O)(=O)c2ccc(Cl)cc2)cc1.